The van der Waals surface area contributed by atoms with Gasteiger partial charge in [0, 0.05) is 16.2 Å². The fourth-order valence-electron chi connectivity index (χ4n) is 0.878. The van der Waals surface area contributed by atoms with E-state index in [0.29, 0.717) is 5.88 Å². The van der Waals surface area contributed by atoms with Crippen molar-refractivity contribution in [2.24, 2.45) is 0 Å². The van der Waals surface area contributed by atoms with E-state index in [-0.39, 0.29) is 0 Å². The first-order valence-corrected chi connectivity index (χ1v) is 5.21. The van der Waals surface area contributed by atoms with Crippen LogP contribution in [0.15, 0.2) is 18.2 Å². The van der Waals surface area contributed by atoms with Crippen LogP contribution < -0.4 is 0 Å². The molecule has 0 atom stereocenters. The average Bonchev–Trinajstić information content (AvgIpc) is 2.04. The molecule has 60 valence electrons. The number of alkyl halides is 2. The first kappa shape index (κ1) is 9.37. The summed E-state index contributed by atoms with van der Waals surface area (Å²) in [6, 6.07) is 5.76. The lowest BCUT2D eigenvalue weighted by molar-refractivity contribution is 1.28. The molecule has 0 fully saturated rings. The Morgan fingerprint density at radius 2 is 2.09 bits per heavy atom. The van der Waals surface area contributed by atoms with Crippen LogP contribution in [0.25, 0.3) is 0 Å². The standard InChI is InChI=1S/C8H7BrCl2/c9-4-7-6(5-10)2-1-3-8(7)11/h1-3H,4-5H2. The molecule has 0 aliphatic heterocycles. The van der Waals surface area contributed by atoms with Crippen molar-refractivity contribution < 1.29 is 0 Å². The molecular weight excluding hydrogens is 247 g/mol. The van der Waals surface area contributed by atoms with E-state index in [2.05, 4.69) is 15.9 Å². The molecule has 0 radical (unpaired) electrons. The van der Waals surface area contributed by atoms with Gasteiger partial charge in [0.05, 0.1) is 0 Å². The highest BCUT2D eigenvalue weighted by molar-refractivity contribution is 9.08. The molecular formula is C8H7BrCl2. The van der Waals surface area contributed by atoms with Crippen molar-refractivity contribution in [3.05, 3.63) is 34.3 Å². The van der Waals surface area contributed by atoms with Crippen LogP contribution in [0.1, 0.15) is 11.1 Å². The molecule has 0 aliphatic rings. The van der Waals surface area contributed by atoms with Crippen LogP contribution in [-0.4, -0.2) is 0 Å². The minimum atomic E-state index is 0.515. The van der Waals surface area contributed by atoms with Crippen LogP contribution >= 0.6 is 39.1 Å². The predicted molar refractivity (Wildman–Crippen MR) is 53.6 cm³/mol. The third kappa shape index (κ3) is 2.11. The van der Waals surface area contributed by atoms with Crippen LogP contribution in [0.2, 0.25) is 5.02 Å². The van der Waals surface area contributed by atoms with Gasteiger partial charge < -0.3 is 0 Å². The molecule has 0 saturated carbocycles. The summed E-state index contributed by atoms with van der Waals surface area (Å²) in [5.41, 5.74) is 2.18. The molecule has 1 aromatic rings. The number of rotatable bonds is 2. The van der Waals surface area contributed by atoms with Crippen LogP contribution in [-0.2, 0) is 11.2 Å². The van der Waals surface area contributed by atoms with Gasteiger partial charge >= 0.3 is 0 Å². The summed E-state index contributed by atoms with van der Waals surface area (Å²) < 4.78 is 0. The maximum Gasteiger partial charge on any atom is 0.0477 e. The zero-order valence-corrected chi connectivity index (χ0v) is 8.88. The lowest BCUT2D eigenvalue weighted by Gasteiger charge is -2.04. The Hall–Kier alpha value is 0.280. The summed E-state index contributed by atoms with van der Waals surface area (Å²) in [4.78, 5) is 0. The van der Waals surface area contributed by atoms with Crippen molar-refractivity contribution in [1.82, 2.24) is 0 Å². The third-order valence-corrected chi connectivity index (χ3v) is 2.70. The van der Waals surface area contributed by atoms with Crippen molar-refractivity contribution in [2.45, 2.75) is 11.2 Å². The number of hydrogen-bond acceptors (Lipinski definition) is 0. The first-order chi connectivity index (χ1) is 5.29. The monoisotopic (exact) mass is 252 g/mol. The zero-order chi connectivity index (χ0) is 8.27. The van der Waals surface area contributed by atoms with Crippen molar-refractivity contribution in [2.75, 3.05) is 0 Å². The normalized spacial score (nSPS) is 10.1. The summed E-state index contributed by atoms with van der Waals surface area (Å²) >= 11 is 15.0. The van der Waals surface area contributed by atoms with E-state index in [1.165, 1.54) is 0 Å². The Balaban J connectivity index is 3.13. The van der Waals surface area contributed by atoms with Crippen molar-refractivity contribution in [3.8, 4) is 0 Å². The molecule has 0 spiro atoms. The van der Waals surface area contributed by atoms with Crippen LogP contribution in [0.3, 0.4) is 0 Å². The van der Waals surface area contributed by atoms with E-state index in [1.54, 1.807) is 0 Å². The molecule has 0 amide bonds. The Kier molecular flexibility index (Phi) is 3.70. The largest absolute Gasteiger partial charge is 0.122 e. The molecule has 0 bridgehead atoms. The molecule has 0 aliphatic carbocycles. The maximum atomic E-state index is 5.92. The van der Waals surface area contributed by atoms with Gasteiger partial charge in [-0.2, -0.15) is 0 Å². The van der Waals surface area contributed by atoms with E-state index >= 15 is 0 Å². The van der Waals surface area contributed by atoms with Crippen LogP contribution in [0, 0.1) is 0 Å². The lowest BCUT2D eigenvalue weighted by atomic mass is 10.1. The summed E-state index contributed by atoms with van der Waals surface area (Å²) in [7, 11) is 0. The quantitative estimate of drug-likeness (QED) is 0.700. The second kappa shape index (κ2) is 4.34. The van der Waals surface area contributed by atoms with Crippen LogP contribution in [0.4, 0.5) is 0 Å². The van der Waals surface area contributed by atoms with Gasteiger partial charge in [-0.05, 0) is 17.2 Å². The Bertz CT molecular complexity index is 248. The fraction of sp³-hybridized carbons (Fsp3) is 0.250. The van der Waals surface area contributed by atoms with Gasteiger partial charge in [-0.15, -0.1) is 11.6 Å². The van der Waals surface area contributed by atoms with Gasteiger partial charge in [-0.25, -0.2) is 0 Å². The van der Waals surface area contributed by atoms with Crippen molar-refractivity contribution >= 4 is 39.1 Å². The number of benzene rings is 1. The van der Waals surface area contributed by atoms with E-state index in [1.807, 2.05) is 18.2 Å². The van der Waals surface area contributed by atoms with Gasteiger partial charge in [-0.1, -0.05) is 39.7 Å². The van der Waals surface area contributed by atoms with E-state index in [9.17, 15) is 0 Å². The molecule has 0 heterocycles. The lowest BCUT2D eigenvalue weighted by Crippen LogP contribution is -1.88. The second-order valence-electron chi connectivity index (χ2n) is 2.14. The third-order valence-electron chi connectivity index (χ3n) is 1.49. The van der Waals surface area contributed by atoms with Gasteiger partial charge in [0.25, 0.3) is 0 Å². The fourth-order valence-corrected chi connectivity index (χ4v) is 2.21. The van der Waals surface area contributed by atoms with E-state index < -0.39 is 0 Å². The summed E-state index contributed by atoms with van der Waals surface area (Å²) in [6.07, 6.45) is 0. The molecule has 0 aromatic heterocycles. The second-order valence-corrected chi connectivity index (χ2v) is 3.38. The van der Waals surface area contributed by atoms with Gasteiger partial charge in [0.15, 0.2) is 0 Å². The van der Waals surface area contributed by atoms with Gasteiger partial charge in [0.1, 0.15) is 0 Å². The zero-order valence-electron chi connectivity index (χ0n) is 5.78. The smallest absolute Gasteiger partial charge is 0.0477 e. The maximum absolute atomic E-state index is 5.92. The minimum Gasteiger partial charge on any atom is -0.122 e. The molecule has 0 N–H and O–H groups in total. The van der Waals surface area contributed by atoms with Gasteiger partial charge in [0.2, 0.25) is 0 Å². The molecule has 3 heteroatoms. The van der Waals surface area contributed by atoms with Gasteiger partial charge in [-0.3, -0.25) is 0 Å². The molecule has 0 unspecified atom stereocenters. The summed E-state index contributed by atoms with van der Waals surface area (Å²) in [6.45, 7) is 0. The first-order valence-electron chi connectivity index (χ1n) is 3.17. The SMILES string of the molecule is ClCc1cccc(Cl)c1CBr. The number of halogens is 3. The molecule has 0 nitrogen and oxygen atoms in total. The Morgan fingerprint density at radius 3 is 2.55 bits per heavy atom. The Labute approximate surface area is 84.6 Å². The minimum absolute atomic E-state index is 0.515. The summed E-state index contributed by atoms with van der Waals surface area (Å²) in [5.74, 6) is 0.515. The highest BCUT2D eigenvalue weighted by Gasteiger charge is 2.03. The highest BCUT2D eigenvalue weighted by atomic mass is 79.9. The van der Waals surface area contributed by atoms with Crippen molar-refractivity contribution in [1.29, 1.82) is 0 Å². The predicted octanol–water partition coefficient (Wildman–Crippen LogP) is 3.97. The molecule has 1 rings (SSSR count). The highest BCUT2D eigenvalue weighted by Crippen LogP contribution is 2.23. The average molecular weight is 254 g/mol. The molecule has 11 heavy (non-hydrogen) atoms. The molecule has 1 aromatic carbocycles. The Morgan fingerprint density at radius 1 is 1.36 bits per heavy atom. The van der Waals surface area contributed by atoms with E-state index in [0.717, 1.165) is 21.5 Å². The van der Waals surface area contributed by atoms with Crippen LogP contribution in [0.5, 0.6) is 0 Å². The van der Waals surface area contributed by atoms with Crippen molar-refractivity contribution in [3.63, 3.8) is 0 Å². The summed E-state index contributed by atoms with van der Waals surface area (Å²) in [5, 5.41) is 1.54. The number of hydrogen-bond donors (Lipinski definition) is 0. The topological polar surface area (TPSA) is 0 Å². The van der Waals surface area contributed by atoms with E-state index in [4.69, 9.17) is 23.2 Å². The molecule has 0 saturated heterocycles.